The van der Waals surface area contributed by atoms with E-state index in [4.69, 9.17) is 24.1 Å². The zero-order chi connectivity index (χ0) is 49.5. The fourth-order valence-corrected chi connectivity index (χ4v) is 8.97. The number of ether oxygens (including phenoxy) is 4. The molecule has 1 aromatic carbocycles. The molecule has 3 atom stereocenters. The Kier molecular flexibility index (Phi) is 30.4. The van der Waals surface area contributed by atoms with Gasteiger partial charge in [-0.2, -0.15) is 0 Å². The van der Waals surface area contributed by atoms with Gasteiger partial charge in [0.15, 0.2) is 0 Å². The second-order valence-electron chi connectivity index (χ2n) is 19.4. The number of rotatable bonds is 10. The van der Waals surface area contributed by atoms with E-state index in [-0.39, 0.29) is 30.5 Å². The first-order valence-corrected chi connectivity index (χ1v) is 37.8. The van der Waals surface area contributed by atoms with E-state index in [9.17, 15) is 20.1 Å². The Morgan fingerprint density at radius 1 is 0.853 bits per heavy atom. The summed E-state index contributed by atoms with van der Waals surface area (Å²) in [7, 11) is 0. The summed E-state index contributed by atoms with van der Waals surface area (Å²) in [5.41, 5.74) is 4.35. The number of carbonyl (C=O) groups excluding carboxylic acids is 1. The minimum absolute atomic E-state index is 0. The van der Waals surface area contributed by atoms with Gasteiger partial charge in [0.05, 0.1) is 71.6 Å². The van der Waals surface area contributed by atoms with Gasteiger partial charge in [0.25, 0.3) is 0 Å². The smallest absolute Gasteiger partial charge is 0.118 e. The van der Waals surface area contributed by atoms with Crippen molar-refractivity contribution in [3.8, 4) is 23.7 Å². The van der Waals surface area contributed by atoms with Gasteiger partial charge in [-0.05, 0) is 127 Å². The number of carbonyl (C=O) groups is 1. The van der Waals surface area contributed by atoms with Gasteiger partial charge in [0.2, 0.25) is 0 Å². The maximum Gasteiger partial charge on any atom is 0.118 e. The predicted octanol–water partition coefficient (Wildman–Crippen LogP) is 6.53. The minimum atomic E-state index is -1.52. The van der Waals surface area contributed by atoms with E-state index in [1.54, 1.807) is 40.9 Å². The Hall–Kier alpha value is -0.640. The number of hydrogen-bond acceptors (Lipinski definition) is 12. The molecule has 68 heavy (non-hydrogen) atoms. The molecule has 2 aromatic heterocycles. The van der Waals surface area contributed by atoms with Gasteiger partial charge in [0.1, 0.15) is 6.10 Å². The number of carboxylic acid groups (broad SMARTS) is 1. The fourth-order valence-electron chi connectivity index (χ4n) is 7.00. The number of aliphatic hydroxyl groups excluding tert-OH is 1. The van der Waals surface area contributed by atoms with E-state index in [2.05, 4.69) is 141 Å². The number of nitrogens with one attached hydrogen (secondary N) is 1. The summed E-state index contributed by atoms with van der Waals surface area (Å²) in [5, 5.41) is 47.9. The van der Waals surface area contributed by atoms with Crippen LogP contribution in [0.15, 0.2) is 57.7 Å². The van der Waals surface area contributed by atoms with E-state index in [1.807, 2.05) is 11.4 Å². The maximum absolute atomic E-state index is 10.8. The third-order valence-corrected chi connectivity index (χ3v) is 13.4. The van der Waals surface area contributed by atoms with Crippen molar-refractivity contribution in [1.29, 1.82) is 0 Å². The molecule has 11 nitrogen and oxygen atoms in total. The molecule has 7 rings (SSSR count). The van der Waals surface area contributed by atoms with Crippen molar-refractivity contribution in [3.05, 3.63) is 73.0 Å². The summed E-state index contributed by atoms with van der Waals surface area (Å²) in [4.78, 5) is 12.4. The number of hydrogen-bond donors (Lipinski definition) is 5. The van der Waals surface area contributed by atoms with Crippen molar-refractivity contribution in [3.63, 3.8) is 0 Å². The standard InChI is InChI=1S/C21H31NO3S.C11H21NO3.C10H11BrS.C8H8O3.CH4.I3/c1-20(2,3)8-6-19-12-17(14-26-19)22-16-4-9-21(23,10-5-16)15-25-18-7-11-24-13-18;12-9-1-4-11(13,5-2-9)8-15-10-3-6-14-7-10;1-10(2,3)5-4-9-6-8(11)7-12-9;9-7(8(10)11)6-4-2-1-3-5-6;;1-3-2/h12,14,16,18,22-23H,4-5,7,9-11,13,15H2,1-3H3;9-10,13H,1-8,12H2;6-7H,1-3H3;1-5,7,9H,(H,10,11);1H4;/q;;;;;-1/t16?,18-,21?;9?,10-,11?;;7-;;/m00.0../s1. The number of anilines is 1. The number of thiophene rings is 2. The molecule has 0 bridgehead atoms. The molecule has 4 aliphatic rings. The second-order valence-corrected chi connectivity index (χ2v) is 38.4. The average molecular weight is 1380 g/mol. The van der Waals surface area contributed by atoms with Gasteiger partial charge in [0, 0.05) is 63.8 Å². The van der Waals surface area contributed by atoms with Gasteiger partial charge < -0.3 is 55.2 Å². The summed E-state index contributed by atoms with van der Waals surface area (Å²) in [6.45, 7) is 16.5. The van der Waals surface area contributed by atoms with Crippen molar-refractivity contribution in [2.75, 3.05) is 45.0 Å². The van der Waals surface area contributed by atoms with Crippen molar-refractivity contribution in [1.82, 2.24) is 0 Å². The molecule has 3 aromatic rings. The van der Waals surface area contributed by atoms with Gasteiger partial charge in [-0.1, -0.05) is 61.4 Å². The summed E-state index contributed by atoms with van der Waals surface area (Å²) in [5.74, 6) is 11.4. The van der Waals surface area contributed by atoms with E-state index in [1.165, 1.54) is 12.1 Å². The molecule has 384 valence electrons. The zero-order valence-corrected chi connectivity index (χ0v) is 49.4. The molecule has 0 spiro atoms. The van der Waals surface area contributed by atoms with Crippen molar-refractivity contribution in [2.45, 2.75) is 155 Å². The van der Waals surface area contributed by atoms with Gasteiger partial charge in [-0.15, -0.1) is 22.7 Å². The third kappa shape index (κ3) is 27.4. The van der Waals surface area contributed by atoms with Gasteiger partial charge in [-0.3, -0.25) is 0 Å². The van der Waals surface area contributed by atoms with Crippen LogP contribution in [0, 0.1) is 34.5 Å². The molecular formula is C51H75BrI3N2O9S2-. The average Bonchev–Trinajstić information content (AvgIpc) is 4.14. The Balaban J connectivity index is 0.000000324. The molecule has 0 radical (unpaired) electrons. The maximum atomic E-state index is 10.8. The van der Waals surface area contributed by atoms with E-state index < -0.39 is 23.3 Å². The van der Waals surface area contributed by atoms with Crippen LogP contribution in [0.2, 0.25) is 0 Å². The molecule has 4 heterocycles. The number of carboxylic acids is 1. The zero-order valence-electron chi connectivity index (χ0n) is 39.7. The van der Waals surface area contributed by atoms with Crippen LogP contribution in [0.3, 0.4) is 0 Å². The van der Waals surface area contributed by atoms with Crippen molar-refractivity contribution >= 4 is 87.5 Å². The molecule has 4 fully saturated rings. The second kappa shape index (κ2) is 32.5. The SMILES string of the molecule is C.CC(C)(C)C#Cc1cc(Br)cs1.CC(C)(C)C#Cc1cc(NC2CCC(O)(CO[C@H]3CCOC3)CC2)cs1.I[I-]I.O=C([O-])[C@@H](O)c1ccccc1.[NH3+]C1CCC(O)(CO[C@H]2CCOC2)CC1. The van der Waals surface area contributed by atoms with E-state index >= 15 is 0 Å². The number of aliphatic carboxylic acids is 1. The van der Waals surface area contributed by atoms with Gasteiger partial charge >= 0.3 is 50.5 Å². The quantitative estimate of drug-likeness (QED) is 0.111. The summed E-state index contributed by atoms with van der Waals surface area (Å²) in [6, 6.07) is 13.2. The van der Waals surface area contributed by atoms with Crippen LogP contribution >= 0.6 is 75.8 Å². The number of benzene rings is 1. The van der Waals surface area contributed by atoms with Crippen LogP contribution in [0.25, 0.3) is 0 Å². The Morgan fingerprint density at radius 2 is 1.31 bits per heavy atom. The molecule has 2 aliphatic carbocycles. The molecule has 2 saturated carbocycles. The van der Waals surface area contributed by atoms with Crippen LogP contribution in [-0.2, 0) is 23.7 Å². The Bertz CT molecular complexity index is 1980. The first-order chi connectivity index (χ1) is 31.6. The first-order valence-electron chi connectivity index (χ1n) is 22.7. The first kappa shape index (κ1) is 63.5. The summed E-state index contributed by atoms with van der Waals surface area (Å²) in [6.07, 6.45) is 7.91. The predicted molar refractivity (Wildman–Crippen MR) is 291 cm³/mol. The molecule has 0 amide bonds. The Labute approximate surface area is 453 Å². The molecule has 7 N–H and O–H groups in total. The number of quaternary nitrogens is 1. The van der Waals surface area contributed by atoms with Crippen LogP contribution < -0.4 is 29.4 Å². The van der Waals surface area contributed by atoms with E-state index in [0.717, 1.165) is 97.3 Å². The van der Waals surface area contributed by atoms with Crippen LogP contribution in [0.5, 0.6) is 0 Å². The molecule has 2 aliphatic heterocycles. The van der Waals surface area contributed by atoms with Crippen LogP contribution in [0.4, 0.5) is 5.69 Å². The molecule has 2 saturated heterocycles. The fraction of sp³-hybridized carbons (Fsp3) is 0.627. The number of aliphatic hydroxyl groups is 3. The number of halogens is 4. The van der Waals surface area contributed by atoms with Crippen LogP contribution in [-0.4, -0.2) is 96.4 Å². The largest absolute Gasteiger partial charge is 0.547 e. The van der Waals surface area contributed by atoms with Crippen molar-refractivity contribution < 1.29 is 63.2 Å². The monoisotopic (exact) mass is 1380 g/mol. The summed E-state index contributed by atoms with van der Waals surface area (Å²) >= 11 is 12.0. The van der Waals surface area contributed by atoms with Crippen LogP contribution in [0.1, 0.15) is 135 Å². The van der Waals surface area contributed by atoms with Gasteiger partial charge in [-0.25, -0.2) is 0 Å². The van der Waals surface area contributed by atoms with E-state index in [0.29, 0.717) is 57.3 Å². The Morgan fingerprint density at radius 3 is 1.72 bits per heavy atom. The summed E-state index contributed by atoms with van der Waals surface area (Å²) < 4.78 is 23.2. The molecule has 0 unspecified atom stereocenters. The molecule has 17 heteroatoms. The van der Waals surface area contributed by atoms with Crippen molar-refractivity contribution in [2.24, 2.45) is 10.8 Å². The third-order valence-electron chi connectivity index (χ3n) is 10.9. The topological polar surface area (TPSA) is 177 Å². The molecular weight excluding hydrogens is 1310 g/mol. The minimum Gasteiger partial charge on any atom is -0.547 e. The normalized spacial score (nSPS) is 24.7.